The van der Waals surface area contributed by atoms with E-state index in [2.05, 4.69) is 28.2 Å². The number of likely N-dealkylation sites (tertiary alicyclic amines) is 1. The fourth-order valence-electron chi connectivity index (χ4n) is 6.64. The van der Waals surface area contributed by atoms with Crippen LogP contribution in [-0.2, 0) is 17.8 Å². The quantitative estimate of drug-likeness (QED) is 0.176. The number of nitrogens with one attached hydrogen (secondary N) is 1. The van der Waals surface area contributed by atoms with Gasteiger partial charge in [0.2, 0.25) is 11.8 Å². The monoisotopic (exact) mass is 669 g/mol. The van der Waals surface area contributed by atoms with E-state index in [-0.39, 0.29) is 24.0 Å². The highest BCUT2D eigenvalue weighted by Gasteiger charge is 2.38. The smallest absolute Gasteiger partial charge is 0.235 e. The van der Waals surface area contributed by atoms with Crippen LogP contribution in [-0.4, -0.2) is 58.7 Å². The van der Waals surface area contributed by atoms with Crippen LogP contribution in [0.3, 0.4) is 0 Å². The number of rotatable bonds is 11. The van der Waals surface area contributed by atoms with Crippen molar-refractivity contribution in [2.45, 2.75) is 51.6 Å². The summed E-state index contributed by atoms with van der Waals surface area (Å²) in [5.41, 5.74) is 6.69. The molecule has 1 atom stereocenters. The van der Waals surface area contributed by atoms with E-state index in [9.17, 15) is 15.2 Å². The van der Waals surface area contributed by atoms with Crippen LogP contribution < -0.4 is 10.1 Å². The summed E-state index contributed by atoms with van der Waals surface area (Å²) in [7, 11) is 1.58. The van der Waals surface area contributed by atoms with Gasteiger partial charge < -0.3 is 15.2 Å². The summed E-state index contributed by atoms with van der Waals surface area (Å²) in [6, 6.07) is 20.0. The van der Waals surface area contributed by atoms with Crippen molar-refractivity contribution in [2.75, 3.05) is 26.8 Å². The number of nitriles is 1. The molecule has 8 nitrogen and oxygen atoms in total. The molecule has 0 radical (unpaired) electrons. The van der Waals surface area contributed by atoms with Gasteiger partial charge in [-0.3, -0.25) is 14.7 Å². The predicted molar refractivity (Wildman–Crippen MR) is 184 cm³/mol. The van der Waals surface area contributed by atoms with Gasteiger partial charge in [-0.05, 0) is 42.9 Å². The molecular formula is C37H37Cl2N5O3. The minimum atomic E-state index is -0.0713. The standard InChI is InChI=1S/C37H37Cl2N5O3/c1-37(22-45)20-44(21-37)19-24-13-12-23(16-25(24)17-40)27-7-4-8-28(34(27)38)29-9-5-10-30(35(29)39)32-18-41-31(36(43-32)47-2)11-3-6-26-14-15-33(46)42-26/h4-5,7-10,12-13,16,18,26,45H,3,6,11,14-15,19-22H2,1-2H3,(H,42,46)/t26-/m1/s1. The Morgan fingerprint density at radius 1 is 1.09 bits per heavy atom. The molecule has 3 aromatic carbocycles. The zero-order valence-corrected chi connectivity index (χ0v) is 28.0. The predicted octanol–water partition coefficient (Wildman–Crippen LogP) is 7.08. The van der Waals surface area contributed by atoms with Crippen LogP contribution in [0.5, 0.6) is 5.88 Å². The molecule has 10 heteroatoms. The summed E-state index contributed by atoms with van der Waals surface area (Å²) >= 11 is 14.1. The third kappa shape index (κ3) is 7.00. The van der Waals surface area contributed by atoms with Crippen molar-refractivity contribution < 1.29 is 14.6 Å². The molecule has 2 saturated heterocycles. The van der Waals surface area contributed by atoms with E-state index in [1.807, 2.05) is 54.6 Å². The van der Waals surface area contributed by atoms with Crippen LogP contribution in [0.1, 0.15) is 49.4 Å². The lowest BCUT2D eigenvalue weighted by atomic mass is 9.82. The Morgan fingerprint density at radius 3 is 2.45 bits per heavy atom. The van der Waals surface area contributed by atoms with E-state index in [0.29, 0.717) is 52.1 Å². The summed E-state index contributed by atoms with van der Waals surface area (Å²) in [4.78, 5) is 23.2. The number of aromatic nitrogens is 2. The van der Waals surface area contributed by atoms with Gasteiger partial charge in [-0.2, -0.15) is 5.26 Å². The van der Waals surface area contributed by atoms with Crippen LogP contribution in [0.25, 0.3) is 33.5 Å². The van der Waals surface area contributed by atoms with Gasteiger partial charge in [0.05, 0.1) is 47.3 Å². The molecule has 0 bridgehead atoms. The number of aryl methyl sites for hydroxylation is 1. The number of methoxy groups -OCH3 is 1. The highest BCUT2D eigenvalue weighted by molar-refractivity contribution is 6.39. The van der Waals surface area contributed by atoms with Crippen molar-refractivity contribution in [1.29, 1.82) is 5.26 Å². The Morgan fingerprint density at radius 2 is 1.79 bits per heavy atom. The fourth-order valence-corrected chi connectivity index (χ4v) is 7.31. The third-order valence-electron chi connectivity index (χ3n) is 9.15. The summed E-state index contributed by atoms with van der Waals surface area (Å²) in [5.74, 6) is 0.574. The minimum absolute atomic E-state index is 0.0713. The number of hydrogen-bond donors (Lipinski definition) is 2. The van der Waals surface area contributed by atoms with E-state index in [0.717, 1.165) is 65.9 Å². The lowest BCUT2D eigenvalue weighted by molar-refractivity contribution is -0.119. The van der Waals surface area contributed by atoms with Crippen molar-refractivity contribution >= 4 is 29.1 Å². The van der Waals surface area contributed by atoms with Crippen molar-refractivity contribution in [3.63, 3.8) is 0 Å². The van der Waals surface area contributed by atoms with Gasteiger partial charge in [0.1, 0.15) is 5.69 Å². The second-order valence-electron chi connectivity index (χ2n) is 12.8. The van der Waals surface area contributed by atoms with Crippen LogP contribution in [0.4, 0.5) is 0 Å². The van der Waals surface area contributed by atoms with Gasteiger partial charge in [-0.15, -0.1) is 0 Å². The molecule has 1 aromatic heterocycles. The normalized spacial score (nSPS) is 17.2. The Bertz CT molecular complexity index is 1850. The largest absolute Gasteiger partial charge is 0.480 e. The minimum Gasteiger partial charge on any atom is -0.480 e. The molecule has 242 valence electrons. The zero-order chi connectivity index (χ0) is 33.1. The maximum atomic E-state index is 11.5. The number of benzene rings is 3. The highest BCUT2D eigenvalue weighted by Crippen LogP contribution is 2.42. The molecule has 0 spiro atoms. The van der Waals surface area contributed by atoms with Gasteiger partial charge in [0.25, 0.3) is 0 Å². The molecule has 0 saturated carbocycles. The van der Waals surface area contributed by atoms with Crippen LogP contribution in [0.15, 0.2) is 60.8 Å². The Balaban J connectivity index is 1.23. The second kappa shape index (κ2) is 14.0. The molecule has 4 aromatic rings. The average molecular weight is 671 g/mol. The molecule has 2 fully saturated rings. The molecule has 3 heterocycles. The van der Waals surface area contributed by atoms with Crippen LogP contribution >= 0.6 is 23.2 Å². The van der Waals surface area contributed by atoms with Crippen LogP contribution in [0.2, 0.25) is 10.0 Å². The van der Waals surface area contributed by atoms with Gasteiger partial charge in [-0.1, -0.05) is 78.7 Å². The lowest BCUT2D eigenvalue weighted by Crippen LogP contribution is -2.55. The number of carbonyl (C=O) groups excluding carboxylic acids is 1. The number of carbonyl (C=O) groups is 1. The van der Waals surface area contributed by atoms with E-state index in [1.165, 1.54) is 0 Å². The summed E-state index contributed by atoms with van der Waals surface area (Å²) in [5, 5.41) is 23.6. The Hall–Kier alpha value is -4.00. The van der Waals surface area contributed by atoms with Crippen molar-refractivity contribution in [1.82, 2.24) is 20.2 Å². The maximum Gasteiger partial charge on any atom is 0.235 e. The van der Waals surface area contributed by atoms with Gasteiger partial charge >= 0.3 is 0 Å². The first-order valence-electron chi connectivity index (χ1n) is 15.9. The maximum absolute atomic E-state index is 11.5. The number of amides is 1. The van der Waals surface area contributed by atoms with Crippen LogP contribution in [0, 0.1) is 16.7 Å². The van der Waals surface area contributed by atoms with Gasteiger partial charge in [0, 0.05) is 59.8 Å². The number of aliphatic hydroxyl groups is 1. The zero-order valence-electron chi connectivity index (χ0n) is 26.5. The first kappa shape index (κ1) is 32.9. The second-order valence-corrected chi connectivity index (χ2v) is 13.6. The molecule has 0 unspecified atom stereocenters. The molecular weight excluding hydrogens is 633 g/mol. The molecule has 1 amide bonds. The molecule has 0 aliphatic carbocycles. The number of hydrogen-bond acceptors (Lipinski definition) is 7. The van der Waals surface area contributed by atoms with Crippen molar-refractivity contribution in [3.05, 3.63) is 87.7 Å². The third-order valence-corrected chi connectivity index (χ3v) is 9.96. The summed E-state index contributed by atoms with van der Waals surface area (Å²) in [6.45, 7) is 4.48. The van der Waals surface area contributed by atoms with Crippen molar-refractivity contribution in [2.24, 2.45) is 5.41 Å². The molecule has 47 heavy (non-hydrogen) atoms. The fraction of sp³-hybridized carbons (Fsp3) is 0.351. The van der Waals surface area contributed by atoms with Gasteiger partial charge in [-0.25, -0.2) is 4.98 Å². The van der Waals surface area contributed by atoms with Crippen molar-refractivity contribution in [3.8, 4) is 45.5 Å². The van der Waals surface area contributed by atoms with E-state index in [1.54, 1.807) is 13.3 Å². The van der Waals surface area contributed by atoms with E-state index in [4.69, 9.17) is 32.9 Å². The number of halogens is 2. The average Bonchev–Trinajstić information content (AvgIpc) is 3.49. The topological polar surface area (TPSA) is 111 Å². The van der Waals surface area contributed by atoms with E-state index >= 15 is 0 Å². The Kier molecular flexibility index (Phi) is 9.81. The molecule has 2 aliphatic rings. The summed E-state index contributed by atoms with van der Waals surface area (Å²) in [6.07, 6.45) is 5.63. The number of aliphatic hydroxyl groups excluding tert-OH is 1. The van der Waals surface area contributed by atoms with E-state index < -0.39 is 0 Å². The lowest BCUT2D eigenvalue weighted by Gasteiger charge is -2.47. The number of ether oxygens (including phenoxy) is 1. The molecule has 6 rings (SSSR count). The molecule has 2 aliphatic heterocycles. The molecule has 2 N–H and O–H groups in total. The number of nitrogens with zero attached hydrogens (tertiary/aromatic N) is 4. The summed E-state index contributed by atoms with van der Waals surface area (Å²) < 4.78 is 5.61. The van der Waals surface area contributed by atoms with Gasteiger partial charge in [0.15, 0.2) is 0 Å². The SMILES string of the molecule is COc1nc(-c2cccc(-c3cccc(-c4ccc(CN5CC(C)(CO)C5)c(C#N)c4)c3Cl)c2Cl)cnc1CCC[C@@H]1CCC(=O)N1. The first-order valence-corrected chi connectivity index (χ1v) is 16.6. The first-order chi connectivity index (χ1) is 22.7. The highest BCUT2D eigenvalue weighted by atomic mass is 35.5. The Labute approximate surface area is 285 Å².